The molecular weight excluding hydrogens is 406 g/mol. The van der Waals surface area contributed by atoms with E-state index in [2.05, 4.69) is 20.6 Å². The zero-order valence-corrected chi connectivity index (χ0v) is 18.7. The molecule has 0 spiro atoms. The number of nitrogens with two attached hydrogens (primary N) is 1. The highest BCUT2D eigenvalue weighted by Crippen LogP contribution is 2.46. The first-order valence-electron chi connectivity index (χ1n) is 10.5. The van der Waals surface area contributed by atoms with Crippen molar-refractivity contribution in [2.75, 3.05) is 27.8 Å². The van der Waals surface area contributed by atoms with Crippen molar-refractivity contribution in [2.45, 2.75) is 45.4 Å². The Bertz CT molecular complexity index is 683. The Labute approximate surface area is 182 Å². The first-order chi connectivity index (χ1) is 14.8. The van der Waals surface area contributed by atoms with E-state index >= 15 is 0 Å². The van der Waals surface area contributed by atoms with E-state index in [-0.39, 0.29) is 66.8 Å². The molecular formula is C20H35N5O6. The van der Waals surface area contributed by atoms with Crippen molar-refractivity contribution >= 4 is 29.7 Å². The summed E-state index contributed by atoms with van der Waals surface area (Å²) < 4.78 is 4.66. The van der Waals surface area contributed by atoms with Gasteiger partial charge < -0.3 is 20.9 Å². The fourth-order valence-corrected chi connectivity index (χ4v) is 4.31. The molecule has 1 aliphatic carbocycles. The summed E-state index contributed by atoms with van der Waals surface area (Å²) in [6.45, 7) is 2.26. The molecule has 2 rings (SSSR count). The standard InChI is InChI=1S/C19H31N5O5.CH4O/c1-11-6-7-12(8-9-14(26)22-23-19(20)29-3)16-15(11)17(27)24(18(16)28)10-4-5-13(25)21-2;1-2/h11-12,15-16H,4-10H2,1-3H3,(H2,20,23)(H,21,25)(H,22,26);2H,1H3. The fourth-order valence-electron chi connectivity index (χ4n) is 4.31. The van der Waals surface area contributed by atoms with Crippen LogP contribution in [0.1, 0.15) is 45.4 Å². The highest BCUT2D eigenvalue weighted by atomic mass is 16.5. The van der Waals surface area contributed by atoms with E-state index in [1.165, 1.54) is 12.0 Å². The number of rotatable bonds is 8. The lowest BCUT2D eigenvalue weighted by Gasteiger charge is -2.34. The van der Waals surface area contributed by atoms with Crippen molar-refractivity contribution in [3.63, 3.8) is 0 Å². The van der Waals surface area contributed by atoms with Crippen LogP contribution >= 0.6 is 0 Å². The van der Waals surface area contributed by atoms with Gasteiger partial charge in [-0.15, -0.1) is 5.10 Å². The maximum atomic E-state index is 13.0. The number of imide groups is 1. The van der Waals surface area contributed by atoms with Gasteiger partial charge in [0, 0.05) is 33.5 Å². The number of hydrogen-bond acceptors (Lipinski definition) is 7. The molecule has 1 heterocycles. The zero-order valence-electron chi connectivity index (χ0n) is 18.7. The molecule has 4 amide bonds. The minimum absolute atomic E-state index is 0.0360. The van der Waals surface area contributed by atoms with Crippen LogP contribution in [0.3, 0.4) is 0 Å². The molecule has 1 saturated carbocycles. The normalized spacial score (nSPS) is 25.3. The molecule has 0 bridgehead atoms. The number of methoxy groups -OCH3 is 1. The van der Waals surface area contributed by atoms with E-state index in [0.717, 1.165) is 20.0 Å². The van der Waals surface area contributed by atoms with Crippen molar-refractivity contribution in [3.05, 3.63) is 0 Å². The van der Waals surface area contributed by atoms with Crippen LogP contribution in [0.15, 0.2) is 5.10 Å². The number of hydrazone groups is 1. The number of ether oxygens (including phenoxy) is 1. The van der Waals surface area contributed by atoms with E-state index in [1.54, 1.807) is 7.05 Å². The molecule has 1 aliphatic heterocycles. The number of amides is 4. The van der Waals surface area contributed by atoms with Gasteiger partial charge in [-0.05, 0) is 37.5 Å². The Morgan fingerprint density at radius 2 is 1.81 bits per heavy atom. The van der Waals surface area contributed by atoms with Gasteiger partial charge in [0.1, 0.15) is 0 Å². The van der Waals surface area contributed by atoms with Gasteiger partial charge in [0.05, 0.1) is 18.9 Å². The zero-order chi connectivity index (χ0) is 23.6. The highest BCUT2D eigenvalue weighted by Gasteiger charge is 2.54. The summed E-state index contributed by atoms with van der Waals surface area (Å²) in [4.78, 5) is 50.6. The second kappa shape index (κ2) is 12.9. The molecule has 0 radical (unpaired) electrons. The maximum Gasteiger partial charge on any atom is 0.303 e. The van der Waals surface area contributed by atoms with Crippen molar-refractivity contribution in [1.82, 2.24) is 15.6 Å². The molecule has 1 saturated heterocycles. The summed E-state index contributed by atoms with van der Waals surface area (Å²) in [5, 5.41) is 13.1. The Hall–Kier alpha value is -2.69. The highest BCUT2D eigenvalue weighted by molar-refractivity contribution is 6.05. The van der Waals surface area contributed by atoms with Gasteiger partial charge in [0.15, 0.2) is 0 Å². The summed E-state index contributed by atoms with van der Waals surface area (Å²) in [5.41, 5.74) is 7.68. The first kappa shape index (κ1) is 26.3. The van der Waals surface area contributed by atoms with Crippen molar-refractivity contribution in [1.29, 1.82) is 0 Å². The number of hydrogen-bond donors (Lipinski definition) is 4. The second-order valence-electron chi connectivity index (χ2n) is 7.70. The Kier molecular flexibility index (Phi) is 10.9. The molecule has 0 aromatic heterocycles. The number of fused-ring (bicyclic) bond motifs is 1. The SMILES string of the molecule is CNC(=O)CCCN1C(=O)C2C(C)CCC(CCC(=O)NN=C(N)OC)C2C1=O.CO. The van der Waals surface area contributed by atoms with Crippen LogP contribution in [0.4, 0.5) is 0 Å². The lowest BCUT2D eigenvalue weighted by Crippen LogP contribution is -2.36. The lowest BCUT2D eigenvalue weighted by molar-refractivity contribution is -0.140. The number of amidine groups is 1. The number of nitrogens with one attached hydrogen (secondary N) is 2. The van der Waals surface area contributed by atoms with Crippen LogP contribution in [0.25, 0.3) is 0 Å². The third-order valence-corrected chi connectivity index (χ3v) is 5.91. The van der Waals surface area contributed by atoms with Crippen LogP contribution in [-0.2, 0) is 23.9 Å². The first-order valence-corrected chi connectivity index (χ1v) is 10.5. The van der Waals surface area contributed by atoms with Gasteiger partial charge in [0.2, 0.25) is 23.6 Å². The molecule has 11 nitrogen and oxygen atoms in total. The predicted molar refractivity (Wildman–Crippen MR) is 113 cm³/mol. The Morgan fingerprint density at radius 1 is 1.16 bits per heavy atom. The summed E-state index contributed by atoms with van der Waals surface area (Å²) in [6, 6.07) is -0.145. The molecule has 4 atom stereocenters. The smallest absolute Gasteiger partial charge is 0.303 e. The van der Waals surface area contributed by atoms with Crippen LogP contribution in [-0.4, -0.2) is 67.5 Å². The van der Waals surface area contributed by atoms with Crippen molar-refractivity contribution in [2.24, 2.45) is 34.5 Å². The molecule has 5 N–H and O–H groups in total. The van der Waals surface area contributed by atoms with E-state index in [4.69, 9.17) is 10.8 Å². The van der Waals surface area contributed by atoms with Crippen molar-refractivity contribution in [3.8, 4) is 0 Å². The Morgan fingerprint density at radius 3 is 2.42 bits per heavy atom. The maximum absolute atomic E-state index is 13.0. The van der Waals surface area contributed by atoms with Crippen molar-refractivity contribution < 1.29 is 29.0 Å². The van der Waals surface area contributed by atoms with Crippen LogP contribution in [0, 0.1) is 23.7 Å². The summed E-state index contributed by atoms with van der Waals surface area (Å²) in [7, 11) is 3.90. The molecule has 0 aromatic carbocycles. The number of likely N-dealkylation sites (tertiary alicyclic amines) is 1. The topological polar surface area (TPSA) is 163 Å². The largest absolute Gasteiger partial charge is 0.468 e. The number of carbonyl (C=O) groups is 4. The predicted octanol–water partition coefficient (Wildman–Crippen LogP) is -0.459. The van der Waals surface area contributed by atoms with Gasteiger partial charge >= 0.3 is 6.02 Å². The molecule has 176 valence electrons. The fraction of sp³-hybridized carbons (Fsp3) is 0.750. The summed E-state index contributed by atoms with van der Waals surface area (Å²) in [5.74, 6) is -1.40. The third-order valence-electron chi connectivity index (χ3n) is 5.91. The monoisotopic (exact) mass is 441 g/mol. The summed E-state index contributed by atoms with van der Waals surface area (Å²) in [6.07, 6.45) is 3.02. The number of nitrogens with zero attached hydrogens (tertiary/aromatic N) is 2. The molecule has 0 aromatic rings. The van der Waals surface area contributed by atoms with Gasteiger partial charge in [-0.25, -0.2) is 5.43 Å². The lowest BCUT2D eigenvalue weighted by atomic mass is 9.67. The number of aliphatic hydroxyl groups excluding tert-OH is 1. The quantitative estimate of drug-likeness (QED) is 0.171. The van der Waals surface area contributed by atoms with Gasteiger partial charge in [0.25, 0.3) is 0 Å². The van der Waals surface area contributed by atoms with Gasteiger partial charge in [-0.3, -0.25) is 24.1 Å². The molecule has 2 aliphatic rings. The van der Waals surface area contributed by atoms with Crippen LogP contribution < -0.4 is 16.5 Å². The van der Waals surface area contributed by atoms with E-state index in [0.29, 0.717) is 12.8 Å². The Balaban J connectivity index is 0.00000233. The van der Waals surface area contributed by atoms with E-state index in [9.17, 15) is 19.2 Å². The average molecular weight is 442 g/mol. The molecule has 11 heteroatoms. The van der Waals surface area contributed by atoms with E-state index < -0.39 is 5.92 Å². The number of aliphatic hydroxyl groups is 1. The summed E-state index contributed by atoms with van der Waals surface area (Å²) >= 11 is 0. The molecule has 4 unspecified atom stereocenters. The minimum atomic E-state index is -0.397. The minimum Gasteiger partial charge on any atom is -0.468 e. The number of carbonyl (C=O) groups excluding carboxylic acids is 4. The molecule has 2 fully saturated rings. The van der Waals surface area contributed by atoms with Crippen LogP contribution in [0.5, 0.6) is 0 Å². The van der Waals surface area contributed by atoms with Crippen LogP contribution in [0.2, 0.25) is 0 Å². The van der Waals surface area contributed by atoms with Gasteiger partial charge in [-0.1, -0.05) is 6.92 Å². The average Bonchev–Trinajstić information content (AvgIpc) is 3.04. The third kappa shape index (κ3) is 6.91. The molecule has 31 heavy (non-hydrogen) atoms. The van der Waals surface area contributed by atoms with Gasteiger partial charge in [-0.2, -0.15) is 0 Å². The van der Waals surface area contributed by atoms with E-state index in [1.807, 2.05) is 6.92 Å². The second-order valence-corrected chi connectivity index (χ2v) is 7.70.